The Bertz CT molecular complexity index is 928. The molecule has 3 rings (SSSR count). The first kappa shape index (κ1) is 18.2. The van der Waals surface area contributed by atoms with Gasteiger partial charge in [0.25, 0.3) is 5.91 Å². The van der Waals surface area contributed by atoms with Crippen LogP contribution in [0.15, 0.2) is 47.0 Å². The number of nitrogens with one attached hydrogen (secondary N) is 1. The Morgan fingerprint density at radius 3 is 2.85 bits per heavy atom. The van der Waals surface area contributed by atoms with Gasteiger partial charge in [0, 0.05) is 23.6 Å². The molecule has 0 bridgehead atoms. The van der Waals surface area contributed by atoms with E-state index in [4.69, 9.17) is 32.5 Å². The first-order valence-corrected chi connectivity index (χ1v) is 8.52. The molecular weight excluding hydrogens is 377 g/mol. The Kier molecular flexibility index (Phi) is 5.75. The van der Waals surface area contributed by atoms with Crippen LogP contribution in [-0.4, -0.2) is 29.7 Å². The predicted octanol–water partition coefficient (Wildman–Crippen LogP) is 4.02. The van der Waals surface area contributed by atoms with Gasteiger partial charge in [-0.2, -0.15) is 4.98 Å². The second-order valence-corrected chi connectivity index (χ2v) is 6.22. The van der Waals surface area contributed by atoms with Crippen LogP contribution in [0.2, 0.25) is 10.0 Å². The van der Waals surface area contributed by atoms with Crippen LogP contribution in [0.4, 0.5) is 0 Å². The molecule has 1 N–H and O–H groups in total. The van der Waals surface area contributed by atoms with Crippen LogP contribution in [0.1, 0.15) is 16.2 Å². The lowest BCUT2D eigenvalue weighted by atomic mass is 10.2. The highest BCUT2D eigenvalue weighted by Crippen LogP contribution is 2.22. The van der Waals surface area contributed by atoms with E-state index in [0.29, 0.717) is 46.0 Å². The first-order valence-electron chi connectivity index (χ1n) is 7.77. The molecule has 0 radical (unpaired) electrons. The minimum Gasteiger partial charge on any atom is -0.497 e. The number of carbonyl (C=O) groups excluding carboxylic acids is 1. The maximum absolute atomic E-state index is 12.1. The second kappa shape index (κ2) is 8.21. The van der Waals surface area contributed by atoms with Crippen molar-refractivity contribution in [3.63, 3.8) is 0 Å². The number of nitrogens with zero attached hydrogens (tertiary/aromatic N) is 2. The van der Waals surface area contributed by atoms with Crippen molar-refractivity contribution in [3.8, 4) is 17.1 Å². The highest BCUT2D eigenvalue weighted by Gasteiger charge is 2.12. The smallest absolute Gasteiger partial charge is 0.252 e. The lowest BCUT2D eigenvalue weighted by molar-refractivity contribution is 0.0953. The fourth-order valence-corrected chi connectivity index (χ4v) is 2.78. The third-order valence-corrected chi connectivity index (χ3v) is 4.14. The number of halogens is 2. The third-order valence-electron chi connectivity index (χ3n) is 3.60. The second-order valence-electron chi connectivity index (χ2n) is 5.37. The molecule has 0 aliphatic rings. The number of hydrogen-bond acceptors (Lipinski definition) is 5. The van der Waals surface area contributed by atoms with E-state index in [-0.39, 0.29) is 5.91 Å². The van der Waals surface area contributed by atoms with E-state index in [1.54, 1.807) is 19.2 Å². The summed E-state index contributed by atoms with van der Waals surface area (Å²) in [6.07, 6.45) is 0.397. The highest BCUT2D eigenvalue weighted by molar-refractivity contribution is 6.36. The number of benzene rings is 2. The maximum atomic E-state index is 12.1. The molecule has 1 amide bonds. The quantitative estimate of drug-likeness (QED) is 0.686. The molecule has 1 aromatic heterocycles. The summed E-state index contributed by atoms with van der Waals surface area (Å²) >= 11 is 11.8. The lowest BCUT2D eigenvalue weighted by Gasteiger charge is -2.05. The van der Waals surface area contributed by atoms with E-state index < -0.39 is 0 Å². The first-order chi connectivity index (χ1) is 12.6. The number of methoxy groups -OCH3 is 1. The lowest BCUT2D eigenvalue weighted by Crippen LogP contribution is -2.26. The molecule has 0 unspecified atom stereocenters. The molecule has 26 heavy (non-hydrogen) atoms. The van der Waals surface area contributed by atoms with Gasteiger partial charge in [-0.15, -0.1) is 0 Å². The van der Waals surface area contributed by atoms with Gasteiger partial charge in [0.15, 0.2) is 0 Å². The van der Waals surface area contributed by atoms with Crippen LogP contribution in [0.25, 0.3) is 11.4 Å². The summed E-state index contributed by atoms with van der Waals surface area (Å²) in [4.78, 5) is 16.5. The molecule has 0 spiro atoms. The molecule has 0 atom stereocenters. The molecule has 134 valence electrons. The molecule has 1 heterocycles. The standard InChI is InChI=1S/C18H15Cl2N3O3/c1-25-13-4-2-3-11(9-13)17-22-16(26-23-17)7-8-21-18(24)14-6-5-12(19)10-15(14)20/h2-6,9-10H,7-8H2,1H3,(H,21,24). The van der Waals surface area contributed by atoms with Crippen LogP contribution in [0.3, 0.4) is 0 Å². The Balaban J connectivity index is 1.59. The molecule has 3 aromatic rings. The van der Waals surface area contributed by atoms with Crippen molar-refractivity contribution in [2.24, 2.45) is 0 Å². The maximum Gasteiger partial charge on any atom is 0.252 e. The van der Waals surface area contributed by atoms with Crippen LogP contribution in [0, 0.1) is 0 Å². The normalized spacial score (nSPS) is 10.6. The summed E-state index contributed by atoms with van der Waals surface area (Å²) in [7, 11) is 1.59. The van der Waals surface area contributed by atoms with Crippen molar-refractivity contribution in [1.29, 1.82) is 0 Å². The van der Waals surface area contributed by atoms with E-state index >= 15 is 0 Å². The van der Waals surface area contributed by atoms with Gasteiger partial charge >= 0.3 is 0 Å². The van der Waals surface area contributed by atoms with E-state index in [2.05, 4.69) is 15.5 Å². The van der Waals surface area contributed by atoms with Gasteiger partial charge in [-0.25, -0.2) is 0 Å². The van der Waals surface area contributed by atoms with Crippen molar-refractivity contribution < 1.29 is 14.1 Å². The van der Waals surface area contributed by atoms with Crippen molar-refractivity contribution in [2.45, 2.75) is 6.42 Å². The number of carbonyl (C=O) groups is 1. The minimum absolute atomic E-state index is 0.292. The number of ether oxygens (including phenoxy) is 1. The Morgan fingerprint density at radius 1 is 1.23 bits per heavy atom. The number of amides is 1. The Hall–Kier alpha value is -2.57. The molecule has 8 heteroatoms. The summed E-state index contributed by atoms with van der Waals surface area (Å²) in [5.41, 5.74) is 1.15. The number of rotatable bonds is 6. The van der Waals surface area contributed by atoms with Gasteiger partial charge in [-0.3, -0.25) is 4.79 Å². The summed E-state index contributed by atoms with van der Waals surface area (Å²) in [5.74, 6) is 1.30. The Morgan fingerprint density at radius 2 is 2.08 bits per heavy atom. The molecule has 0 saturated heterocycles. The van der Waals surface area contributed by atoms with Crippen molar-refractivity contribution in [3.05, 3.63) is 64.0 Å². The molecule has 2 aromatic carbocycles. The predicted molar refractivity (Wildman–Crippen MR) is 98.8 cm³/mol. The summed E-state index contributed by atoms with van der Waals surface area (Å²) < 4.78 is 10.4. The average molecular weight is 392 g/mol. The molecule has 0 aliphatic heterocycles. The minimum atomic E-state index is -0.292. The van der Waals surface area contributed by atoms with E-state index in [0.717, 1.165) is 5.56 Å². The van der Waals surface area contributed by atoms with Crippen LogP contribution in [0.5, 0.6) is 5.75 Å². The molecule has 0 aliphatic carbocycles. The van der Waals surface area contributed by atoms with E-state index in [9.17, 15) is 4.79 Å². The van der Waals surface area contributed by atoms with Crippen molar-refractivity contribution in [1.82, 2.24) is 15.5 Å². The molecule has 0 saturated carbocycles. The summed E-state index contributed by atoms with van der Waals surface area (Å²) in [6.45, 7) is 0.331. The zero-order valence-corrected chi connectivity index (χ0v) is 15.3. The SMILES string of the molecule is COc1cccc(-c2noc(CCNC(=O)c3ccc(Cl)cc3Cl)n2)c1. The van der Waals surface area contributed by atoms with Gasteiger partial charge in [-0.05, 0) is 30.3 Å². The fraction of sp³-hybridized carbons (Fsp3) is 0.167. The molecule has 6 nitrogen and oxygen atoms in total. The fourth-order valence-electron chi connectivity index (χ4n) is 2.29. The average Bonchev–Trinajstić information content (AvgIpc) is 3.10. The van der Waals surface area contributed by atoms with Crippen LogP contribution in [-0.2, 0) is 6.42 Å². The van der Waals surface area contributed by atoms with Crippen molar-refractivity contribution >= 4 is 29.1 Å². The topological polar surface area (TPSA) is 77.3 Å². The van der Waals surface area contributed by atoms with Crippen LogP contribution >= 0.6 is 23.2 Å². The van der Waals surface area contributed by atoms with Crippen LogP contribution < -0.4 is 10.1 Å². The zero-order chi connectivity index (χ0) is 18.5. The molecular formula is C18H15Cl2N3O3. The highest BCUT2D eigenvalue weighted by atomic mass is 35.5. The zero-order valence-electron chi connectivity index (χ0n) is 13.8. The van der Waals surface area contributed by atoms with Crippen molar-refractivity contribution in [2.75, 3.05) is 13.7 Å². The Labute approximate surface area is 160 Å². The van der Waals surface area contributed by atoms with Gasteiger partial charge in [0.2, 0.25) is 11.7 Å². The largest absolute Gasteiger partial charge is 0.497 e. The van der Waals surface area contributed by atoms with E-state index in [1.165, 1.54) is 6.07 Å². The number of aromatic nitrogens is 2. The van der Waals surface area contributed by atoms with E-state index in [1.807, 2.05) is 24.3 Å². The van der Waals surface area contributed by atoms with Gasteiger partial charge in [0.05, 0.1) is 17.7 Å². The molecule has 0 fully saturated rings. The monoisotopic (exact) mass is 391 g/mol. The van der Waals surface area contributed by atoms with Gasteiger partial charge < -0.3 is 14.6 Å². The summed E-state index contributed by atoms with van der Waals surface area (Å²) in [6, 6.07) is 12.1. The van der Waals surface area contributed by atoms with Gasteiger partial charge in [-0.1, -0.05) is 40.5 Å². The number of hydrogen-bond donors (Lipinski definition) is 1. The van der Waals surface area contributed by atoms with Gasteiger partial charge in [0.1, 0.15) is 5.75 Å². The third kappa shape index (κ3) is 4.33. The summed E-state index contributed by atoms with van der Waals surface area (Å²) in [5, 5.41) is 7.49.